The average molecular weight is 238 g/mol. The van der Waals surface area contributed by atoms with Crippen molar-refractivity contribution in [3.8, 4) is 0 Å². The van der Waals surface area contributed by atoms with Gasteiger partial charge in [-0.05, 0) is 45.7 Å². The minimum Gasteiger partial charge on any atom is -0.338 e. The molecule has 1 aliphatic rings. The van der Waals surface area contributed by atoms with Gasteiger partial charge in [-0.2, -0.15) is 4.98 Å². The lowest BCUT2D eigenvalue weighted by Gasteiger charge is -2.28. The molecule has 2 rings (SSSR count). The third-order valence-electron chi connectivity index (χ3n) is 3.28. The fraction of sp³-hybridized carbons (Fsp3) is 0.833. The highest BCUT2D eigenvalue weighted by atomic mass is 16.5. The molecule has 5 nitrogen and oxygen atoms in total. The van der Waals surface area contributed by atoms with Gasteiger partial charge >= 0.3 is 0 Å². The van der Waals surface area contributed by atoms with E-state index in [0.717, 1.165) is 25.6 Å². The molecular formula is C12H22N4O. The number of likely N-dealkylation sites (tertiary alicyclic amines) is 1. The van der Waals surface area contributed by atoms with Gasteiger partial charge in [-0.25, -0.2) is 0 Å². The van der Waals surface area contributed by atoms with E-state index in [0.29, 0.717) is 11.7 Å². The van der Waals surface area contributed by atoms with E-state index >= 15 is 0 Å². The highest BCUT2D eigenvalue weighted by molar-refractivity contribution is 4.99. The number of piperidine rings is 1. The highest BCUT2D eigenvalue weighted by Crippen LogP contribution is 2.18. The van der Waals surface area contributed by atoms with E-state index in [4.69, 9.17) is 10.3 Å². The van der Waals surface area contributed by atoms with Crippen LogP contribution in [0.15, 0.2) is 4.52 Å². The van der Waals surface area contributed by atoms with Crippen LogP contribution in [0, 0.1) is 5.92 Å². The summed E-state index contributed by atoms with van der Waals surface area (Å²) in [5.41, 5.74) is 5.39. The van der Waals surface area contributed by atoms with Gasteiger partial charge in [-0.15, -0.1) is 0 Å². The summed E-state index contributed by atoms with van der Waals surface area (Å²) in [4.78, 5) is 6.71. The number of aromatic nitrogens is 2. The summed E-state index contributed by atoms with van der Waals surface area (Å²) in [6.07, 6.45) is 2.51. The predicted octanol–water partition coefficient (Wildman–Crippen LogP) is 1.50. The van der Waals surface area contributed by atoms with Gasteiger partial charge in [0.1, 0.15) is 0 Å². The Kier molecular flexibility index (Phi) is 3.49. The molecule has 1 aromatic heterocycles. The molecule has 1 fully saturated rings. The van der Waals surface area contributed by atoms with E-state index in [-0.39, 0.29) is 0 Å². The van der Waals surface area contributed by atoms with Gasteiger partial charge < -0.3 is 10.3 Å². The maximum Gasteiger partial charge on any atom is 0.240 e. The molecule has 0 atom stereocenters. The number of nitrogens with zero attached hydrogens (tertiary/aromatic N) is 3. The Balaban J connectivity index is 1.93. The third kappa shape index (κ3) is 3.26. The Morgan fingerprint density at radius 3 is 2.59 bits per heavy atom. The fourth-order valence-electron chi connectivity index (χ4n) is 1.99. The SMILES string of the molecule is CC1CCN(Cc2nc(C(C)(C)N)no2)CC1. The smallest absolute Gasteiger partial charge is 0.240 e. The van der Waals surface area contributed by atoms with E-state index < -0.39 is 5.54 Å². The first-order valence-corrected chi connectivity index (χ1v) is 6.29. The molecule has 2 N–H and O–H groups in total. The van der Waals surface area contributed by atoms with Crippen molar-refractivity contribution < 1.29 is 4.52 Å². The van der Waals surface area contributed by atoms with Crippen molar-refractivity contribution in [1.82, 2.24) is 15.0 Å². The summed E-state index contributed by atoms with van der Waals surface area (Å²) in [6.45, 7) is 9.04. The van der Waals surface area contributed by atoms with Gasteiger partial charge in [0.05, 0.1) is 12.1 Å². The summed E-state index contributed by atoms with van der Waals surface area (Å²) >= 11 is 0. The minimum atomic E-state index is -0.530. The molecule has 2 heterocycles. The molecule has 0 aliphatic carbocycles. The largest absolute Gasteiger partial charge is 0.338 e. The van der Waals surface area contributed by atoms with Crippen LogP contribution in [-0.4, -0.2) is 28.1 Å². The van der Waals surface area contributed by atoms with E-state index in [9.17, 15) is 0 Å². The molecule has 17 heavy (non-hydrogen) atoms. The van der Waals surface area contributed by atoms with Crippen molar-refractivity contribution in [3.05, 3.63) is 11.7 Å². The van der Waals surface area contributed by atoms with Gasteiger partial charge in [0, 0.05) is 0 Å². The Morgan fingerprint density at radius 2 is 2.06 bits per heavy atom. The molecule has 0 aromatic carbocycles. The lowest BCUT2D eigenvalue weighted by molar-refractivity contribution is 0.165. The van der Waals surface area contributed by atoms with E-state index in [1.165, 1.54) is 12.8 Å². The lowest BCUT2D eigenvalue weighted by Crippen LogP contribution is -2.33. The van der Waals surface area contributed by atoms with Gasteiger partial charge in [0.25, 0.3) is 0 Å². The number of rotatable bonds is 3. The number of hydrogen-bond donors (Lipinski definition) is 1. The van der Waals surface area contributed by atoms with Crippen LogP contribution in [0.2, 0.25) is 0 Å². The quantitative estimate of drug-likeness (QED) is 0.864. The summed E-state index contributed by atoms with van der Waals surface area (Å²) in [5, 5.41) is 3.93. The van der Waals surface area contributed by atoms with Crippen molar-refractivity contribution in [1.29, 1.82) is 0 Å². The van der Waals surface area contributed by atoms with Gasteiger partial charge in [0.15, 0.2) is 5.82 Å². The van der Waals surface area contributed by atoms with Crippen LogP contribution in [-0.2, 0) is 12.1 Å². The van der Waals surface area contributed by atoms with Crippen LogP contribution in [0.25, 0.3) is 0 Å². The topological polar surface area (TPSA) is 68.2 Å². The van der Waals surface area contributed by atoms with Crippen molar-refractivity contribution in [3.63, 3.8) is 0 Å². The van der Waals surface area contributed by atoms with Gasteiger partial charge in [-0.1, -0.05) is 12.1 Å². The standard InChI is InChI=1S/C12H22N4O/c1-9-4-6-16(7-5-9)8-10-14-11(15-17-10)12(2,3)13/h9H,4-8,13H2,1-3H3. The molecule has 1 aliphatic heterocycles. The first-order valence-electron chi connectivity index (χ1n) is 6.29. The maximum absolute atomic E-state index is 5.92. The predicted molar refractivity (Wildman–Crippen MR) is 65.2 cm³/mol. The molecule has 0 spiro atoms. The molecule has 0 radical (unpaired) electrons. The van der Waals surface area contributed by atoms with Crippen LogP contribution in [0.3, 0.4) is 0 Å². The lowest BCUT2D eigenvalue weighted by atomic mass is 9.99. The third-order valence-corrected chi connectivity index (χ3v) is 3.28. The second kappa shape index (κ2) is 4.74. The first-order chi connectivity index (χ1) is 7.95. The van der Waals surface area contributed by atoms with Gasteiger partial charge in [-0.3, -0.25) is 4.90 Å². The second-order valence-corrected chi connectivity index (χ2v) is 5.69. The van der Waals surface area contributed by atoms with E-state index in [2.05, 4.69) is 22.0 Å². The zero-order valence-electron chi connectivity index (χ0n) is 10.9. The van der Waals surface area contributed by atoms with Gasteiger partial charge in [0.2, 0.25) is 5.89 Å². The summed E-state index contributed by atoms with van der Waals surface area (Å²) in [7, 11) is 0. The second-order valence-electron chi connectivity index (χ2n) is 5.69. The summed E-state index contributed by atoms with van der Waals surface area (Å²) < 4.78 is 5.24. The monoisotopic (exact) mass is 238 g/mol. The van der Waals surface area contributed by atoms with Crippen molar-refractivity contribution >= 4 is 0 Å². The molecular weight excluding hydrogens is 216 g/mol. The van der Waals surface area contributed by atoms with Crippen molar-refractivity contribution in [2.45, 2.75) is 45.7 Å². The normalized spacial score (nSPS) is 19.8. The Labute approximate surface area is 102 Å². The first kappa shape index (κ1) is 12.5. The molecule has 1 saturated heterocycles. The molecule has 1 aromatic rings. The molecule has 0 saturated carbocycles. The molecule has 0 unspecified atom stereocenters. The molecule has 0 bridgehead atoms. The van der Waals surface area contributed by atoms with Crippen LogP contribution < -0.4 is 5.73 Å². The van der Waals surface area contributed by atoms with Crippen LogP contribution in [0.4, 0.5) is 0 Å². The summed E-state index contributed by atoms with van der Waals surface area (Å²) in [5.74, 6) is 2.10. The van der Waals surface area contributed by atoms with Crippen LogP contribution >= 0.6 is 0 Å². The molecule has 0 amide bonds. The highest BCUT2D eigenvalue weighted by Gasteiger charge is 2.23. The molecule has 96 valence electrons. The van der Waals surface area contributed by atoms with Crippen LogP contribution in [0.5, 0.6) is 0 Å². The summed E-state index contributed by atoms with van der Waals surface area (Å²) in [6, 6.07) is 0. The van der Waals surface area contributed by atoms with Crippen LogP contribution in [0.1, 0.15) is 45.3 Å². The number of hydrogen-bond acceptors (Lipinski definition) is 5. The van der Waals surface area contributed by atoms with E-state index in [1.54, 1.807) is 0 Å². The average Bonchev–Trinajstić information content (AvgIpc) is 2.69. The minimum absolute atomic E-state index is 0.530. The van der Waals surface area contributed by atoms with E-state index in [1.807, 2.05) is 13.8 Å². The van der Waals surface area contributed by atoms with Crippen molar-refractivity contribution in [2.75, 3.05) is 13.1 Å². The Morgan fingerprint density at radius 1 is 1.41 bits per heavy atom. The fourth-order valence-corrected chi connectivity index (χ4v) is 1.99. The maximum atomic E-state index is 5.92. The number of nitrogens with two attached hydrogens (primary N) is 1. The zero-order valence-corrected chi connectivity index (χ0v) is 10.9. The Bertz CT molecular complexity index is 361. The van der Waals surface area contributed by atoms with Crippen molar-refractivity contribution in [2.24, 2.45) is 11.7 Å². The molecule has 5 heteroatoms. The zero-order chi connectivity index (χ0) is 12.5. The Hall–Kier alpha value is -0.940.